The fraction of sp³-hybridized carbons (Fsp3) is 0.533. The standard InChI is InChI=1S/C15H20N2O4/c18-15(19)3-4-16-5-7-17(8-6-16)10-12-1-2-13-14(9-12)21-11-20-13/h1-2,9H,3-8,10-11H2,(H,18,19). The van der Waals surface area contributed by atoms with E-state index in [1.165, 1.54) is 5.56 Å². The number of benzene rings is 1. The molecule has 0 unspecified atom stereocenters. The highest BCUT2D eigenvalue weighted by Crippen LogP contribution is 2.32. The van der Waals surface area contributed by atoms with Crippen LogP contribution in [0.5, 0.6) is 11.5 Å². The van der Waals surface area contributed by atoms with E-state index in [2.05, 4.69) is 15.9 Å². The monoisotopic (exact) mass is 292 g/mol. The van der Waals surface area contributed by atoms with Gasteiger partial charge in [-0.25, -0.2) is 0 Å². The first kappa shape index (κ1) is 14.2. The van der Waals surface area contributed by atoms with Crippen molar-refractivity contribution in [2.24, 2.45) is 0 Å². The molecular weight excluding hydrogens is 272 g/mol. The highest BCUT2D eigenvalue weighted by molar-refractivity contribution is 5.66. The first-order valence-electron chi connectivity index (χ1n) is 7.26. The molecule has 6 heteroatoms. The van der Waals surface area contributed by atoms with E-state index in [0.29, 0.717) is 13.3 Å². The predicted octanol–water partition coefficient (Wildman–Crippen LogP) is 1.01. The maximum Gasteiger partial charge on any atom is 0.304 e. The number of hydrogen-bond acceptors (Lipinski definition) is 5. The molecule has 0 saturated carbocycles. The van der Waals surface area contributed by atoms with Crippen molar-refractivity contribution in [3.8, 4) is 11.5 Å². The van der Waals surface area contributed by atoms with Crippen molar-refractivity contribution in [1.82, 2.24) is 9.80 Å². The third-order valence-corrected chi connectivity index (χ3v) is 3.95. The second-order valence-corrected chi connectivity index (χ2v) is 5.45. The predicted molar refractivity (Wildman–Crippen MR) is 76.5 cm³/mol. The van der Waals surface area contributed by atoms with E-state index >= 15 is 0 Å². The van der Waals surface area contributed by atoms with E-state index in [-0.39, 0.29) is 6.42 Å². The Hall–Kier alpha value is -1.79. The molecule has 1 N–H and O–H groups in total. The van der Waals surface area contributed by atoms with Gasteiger partial charge in [-0.2, -0.15) is 0 Å². The normalized spacial score (nSPS) is 18.9. The molecule has 114 valence electrons. The summed E-state index contributed by atoms with van der Waals surface area (Å²) in [6.45, 7) is 5.63. The summed E-state index contributed by atoms with van der Waals surface area (Å²) < 4.78 is 10.7. The van der Waals surface area contributed by atoms with E-state index in [0.717, 1.165) is 44.2 Å². The van der Waals surface area contributed by atoms with Crippen molar-refractivity contribution in [2.75, 3.05) is 39.5 Å². The van der Waals surface area contributed by atoms with Crippen LogP contribution in [0.25, 0.3) is 0 Å². The van der Waals surface area contributed by atoms with Crippen LogP contribution >= 0.6 is 0 Å². The van der Waals surface area contributed by atoms with Gasteiger partial charge < -0.3 is 19.5 Å². The Kier molecular flexibility index (Phi) is 4.26. The molecule has 2 aliphatic rings. The number of carboxylic acids is 1. The molecule has 3 rings (SSSR count). The Morgan fingerprint density at radius 1 is 1.10 bits per heavy atom. The zero-order chi connectivity index (χ0) is 14.7. The van der Waals surface area contributed by atoms with Crippen LogP contribution in [0.4, 0.5) is 0 Å². The van der Waals surface area contributed by atoms with Crippen molar-refractivity contribution >= 4 is 5.97 Å². The van der Waals surface area contributed by atoms with Crippen LogP contribution in [0.15, 0.2) is 18.2 Å². The minimum absolute atomic E-state index is 0.224. The molecule has 21 heavy (non-hydrogen) atoms. The van der Waals surface area contributed by atoms with E-state index in [9.17, 15) is 4.79 Å². The van der Waals surface area contributed by atoms with Gasteiger partial charge in [-0.15, -0.1) is 0 Å². The van der Waals surface area contributed by atoms with Gasteiger partial charge in [0.1, 0.15) is 0 Å². The molecule has 0 amide bonds. The number of carboxylic acid groups (broad SMARTS) is 1. The quantitative estimate of drug-likeness (QED) is 0.874. The highest BCUT2D eigenvalue weighted by Gasteiger charge is 2.19. The third-order valence-electron chi connectivity index (χ3n) is 3.95. The van der Waals surface area contributed by atoms with Gasteiger partial charge in [-0.1, -0.05) is 6.07 Å². The van der Waals surface area contributed by atoms with Crippen LogP contribution < -0.4 is 9.47 Å². The van der Waals surface area contributed by atoms with Gasteiger partial charge in [0.15, 0.2) is 11.5 Å². The summed E-state index contributed by atoms with van der Waals surface area (Å²) in [6.07, 6.45) is 0.224. The number of nitrogens with zero attached hydrogens (tertiary/aromatic N) is 2. The number of hydrogen-bond donors (Lipinski definition) is 1. The molecule has 1 fully saturated rings. The third kappa shape index (κ3) is 3.65. The van der Waals surface area contributed by atoms with Crippen molar-refractivity contribution in [2.45, 2.75) is 13.0 Å². The summed E-state index contributed by atoms with van der Waals surface area (Å²) in [7, 11) is 0. The first-order valence-corrected chi connectivity index (χ1v) is 7.26. The van der Waals surface area contributed by atoms with Crippen LogP contribution in [-0.2, 0) is 11.3 Å². The number of aliphatic carboxylic acids is 1. The zero-order valence-electron chi connectivity index (χ0n) is 12.0. The molecule has 1 aromatic rings. The smallest absolute Gasteiger partial charge is 0.304 e. The number of fused-ring (bicyclic) bond motifs is 1. The topological polar surface area (TPSA) is 62.2 Å². The van der Waals surface area contributed by atoms with Gasteiger partial charge in [0.25, 0.3) is 0 Å². The van der Waals surface area contributed by atoms with Crippen LogP contribution in [-0.4, -0.2) is 60.4 Å². The lowest BCUT2D eigenvalue weighted by Crippen LogP contribution is -2.46. The Labute approximate surface area is 123 Å². The molecule has 1 saturated heterocycles. The lowest BCUT2D eigenvalue weighted by molar-refractivity contribution is -0.137. The maximum atomic E-state index is 10.6. The number of rotatable bonds is 5. The van der Waals surface area contributed by atoms with Gasteiger partial charge in [0.2, 0.25) is 6.79 Å². The second-order valence-electron chi connectivity index (χ2n) is 5.45. The first-order chi connectivity index (χ1) is 10.2. The van der Waals surface area contributed by atoms with Crippen LogP contribution in [0, 0.1) is 0 Å². The SMILES string of the molecule is O=C(O)CCN1CCN(Cc2ccc3c(c2)OCO3)CC1. The fourth-order valence-electron chi connectivity index (χ4n) is 2.72. The van der Waals surface area contributed by atoms with Crippen LogP contribution in [0.2, 0.25) is 0 Å². The average Bonchev–Trinajstić information content (AvgIpc) is 2.94. The summed E-state index contributed by atoms with van der Waals surface area (Å²) >= 11 is 0. The van der Waals surface area contributed by atoms with Crippen molar-refractivity contribution in [3.63, 3.8) is 0 Å². The van der Waals surface area contributed by atoms with E-state index in [1.807, 2.05) is 12.1 Å². The lowest BCUT2D eigenvalue weighted by atomic mass is 10.1. The van der Waals surface area contributed by atoms with Crippen molar-refractivity contribution in [1.29, 1.82) is 0 Å². The molecule has 0 atom stereocenters. The average molecular weight is 292 g/mol. The summed E-state index contributed by atoms with van der Waals surface area (Å²) in [5.41, 5.74) is 1.22. The van der Waals surface area contributed by atoms with Gasteiger partial charge in [0, 0.05) is 39.3 Å². The second kappa shape index (κ2) is 6.32. The minimum Gasteiger partial charge on any atom is -0.481 e. The summed E-state index contributed by atoms with van der Waals surface area (Å²) in [4.78, 5) is 15.2. The molecule has 0 aromatic heterocycles. The molecule has 0 bridgehead atoms. The van der Waals surface area contributed by atoms with Gasteiger partial charge in [-0.05, 0) is 17.7 Å². The lowest BCUT2D eigenvalue weighted by Gasteiger charge is -2.34. The Balaban J connectivity index is 1.48. The van der Waals surface area contributed by atoms with E-state index < -0.39 is 5.97 Å². The number of ether oxygens (including phenoxy) is 2. The molecule has 2 aliphatic heterocycles. The van der Waals surface area contributed by atoms with Gasteiger partial charge in [0.05, 0.1) is 6.42 Å². The van der Waals surface area contributed by atoms with Gasteiger partial charge in [-0.3, -0.25) is 9.69 Å². The fourth-order valence-corrected chi connectivity index (χ4v) is 2.72. The molecule has 6 nitrogen and oxygen atoms in total. The van der Waals surface area contributed by atoms with Gasteiger partial charge >= 0.3 is 5.97 Å². The number of piperazine rings is 1. The van der Waals surface area contributed by atoms with E-state index in [1.54, 1.807) is 0 Å². The van der Waals surface area contributed by atoms with Crippen LogP contribution in [0.3, 0.4) is 0 Å². The Morgan fingerprint density at radius 2 is 1.81 bits per heavy atom. The van der Waals surface area contributed by atoms with E-state index in [4.69, 9.17) is 14.6 Å². The molecule has 2 heterocycles. The molecule has 1 aromatic carbocycles. The molecule has 0 spiro atoms. The molecular formula is C15H20N2O4. The largest absolute Gasteiger partial charge is 0.481 e. The minimum atomic E-state index is -0.724. The van der Waals surface area contributed by atoms with Crippen molar-refractivity contribution < 1.29 is 19.4 Å². The maximum absolute atomic E-state index is 10.6. The number of carbonyl (C=O) groups is 1. The molecule has 0 radical (unpaired) electrons. The molecule has 0 aliphatic carbocycles. The zero-order valence-corrected chi connectivity index (χ0v) is 12.0. The summed E-state index contributed by atoms with van der Waals surface area (Å²) in [5, 5.41) is 8.71. The van der Waals surface area contributed by atoms with Crippen molar-refractivity contribution in [3.05, 3.63) is 23.8 Å². The summed E-state index contributed by atoms with van der Waals surface area (Å²) in [6, 6.07) is 6.07. The summed E-state index contributed by atoms with van der Waals surface area (Å²) in [5.74, 6) is 0.919. The Bertz CT molecular complexity index is 512. The highest BCUT2D eigenvalue weighted by atomic mass is 16.7. The Morgan fingerprint density at radius 3 is 2.57 bits per heavy atom. The van der Waals surface area contributed by atoms with Crippen LogP contribution in [0.1, 0.15) is 12.0 Å².